The van der Waals surface area contributed by atoms with Gasteiger partial charge in [-0.3, -0.25) is 9.36 Å². The van der Waals surface area contributed by atoms with E-state index in [4.69, 9.17) is 43.6 Å². The van der Waals surface area contributed by atoms with Crippen LogP contribution in [0.1, 0.15) is 43.7 Å². The number of halogens is 2. The summed E-state index contributed by atoms with van der Waals surface area (Å²) in [6.45, 7) is 1.32. The van der Waals surface area contributed by atoms with Crippen LogP contribution >= 0.6 is 23.2 Å². The van der Waals surface area contributed by atoms with Crippen LogP contribution in [-0.4, -0.2) is 44.7 Å². The summed E-state index contributed by atoms with van der Waals surface area (Å²) in [7, 11) is 0. The van der Waals surface area contributed by atoms with Gasteiger partial charge in [0.1, 0.15) is 5.52 Å². The number of nitrogens with two attached hydrogens (primary N) is 1. The highest BCUT2D eigenvalue weighted by Gasteiger charge is 2.29. The Balaban J connectivity index is 1.54. The van der Waals surface area contributed by atoms with E-state index in [9.17, 15) is 10.1 Å². The van der Waals surface area contributed by atoms with Crippen LogP contribution in [0, 0.1) is 17.2 Å². The number of carbonyl (C=O) groups excluding carboxylic acids is 1. The summed E-state index contributed by atoms with van der Waals surface area (Å²) in [5, 5.41) is 16.4. The Bertz CT molecular complexity index is 1280. The highest BCUT2D eigenvalue weighted by Crippen LogP contribution is 2.39. The van der Waals surface area contributed by atoms with Crippen molar-refractivity contribution in [3.05, 3.63) is 33.9 Å². The summed E-state index contributed by atoms with van der Waals surface area (Å²) in [6.07, 6.45) is 5.43. The van der Waals surface area contributed by atoms with Gasteiger partial charge in [-0.25, -0.2) is 9.97 Å². The number of rotatable bonds is 6. The Hall–Kier alpha value is -3.13. The van der Waals surface area contributed by atoms with Crippen molar-refractivity contribution in [2.75, 3.05) is 23.8 Å². The minimum atomic E-state index is -0.263. The Morgan fingerprint density at radius 1 is 1.17 bits per heavy atom. The number of primary amides is 1. The Morgan fingerprint density at radius 3 is 2.54 bits per heavy atom. The molecule has 12 heteroatoms. The fraction of sp³-hybridized carbons (Fsp3) is 0.435. The monoisotopic (exact) mass is 514 g/mol. The molecular formula is C23H24Cl2N8O2. The van der Waals surface area contributed by atoms with E-state index in [1.165, 1.54) is 0 Å². The lowest BCUT2D eigenvalue weighted by Gasteiger charge is -2.29. The van der Waals surface area contributed by atoms with Crippen molar-refractivity contribution in [1.29, 1.82) is 5.26 Å². The van der Waals surface area contributed by atoms with E-state index >= 15 is 0 Å². The zero-order valence-electron chi connectivity index (χ0n) is 18.8. The van der Waals surface area contributed by atoms with Crippen LogP contribution in [0.4, 0.5) is 17.6 Å². The molecule has 0 radical (unpaired) electrons. The number of benzene rings is 1. The van der Waals surface area contributed by atoms with Crippen LogP contribution in [0.15, 0.2) is 18.3 Å². The molecule has 2 aromatic heterocycles. The molecule has 1 aromatic carbocycles. The molecule has 0 spiro atoms. The third kappa shape index (κ3) is 4.85. The van der Waals surface area contributed by atoms with Crippen LogP contribution in [0.3, 0.4) is 0 Å². The Labute approximate surface area is 211 Å². The summed E-state index contributed by atoms with van der Waals surface area (Å²) in [5.41, 5.74) is 7.63. The molecule has 1 amide bonds. The second kappa shape index (κ2) is 9.85. The zero-order chi connectivity index (χ0) is 24.5. The maximum atomic E-state index is 11.7. The van der Waals surface area contributed by atoms with Crippen molar-refractivity contribution in [2.24, 2.45) is 11.7 Å². The Morgan fingerprint density at radius 2 is 1.91 bits per heavy atom. The minimum absolute atomic E-state index is 0.0339. The molecule has 2 fully saturated rings. The smallest absolute Gasteiger partial charge is 0.225 e. The summed E-state index contributed by atoms with van der Waals surface area (Å²) >= 11 is 12.9. The first-order chi connectivity index (χ1) is 16.9. The number of ether oxygens (including phenoxy) is 1. The first-order valence-corrected chi connectivity index (χ1v) is 12.2. The van der Waals surface area contributed by atoms with Gasteiger partial charge in [0.2, 0.25) is 17.8 Å². The molecule has 1 saturated carbocycles. The molecule has 2 aliphatic rings. The fourth-order valence-corrected chi connectivity index (χ4v) is 5.29. The van der Waals surface area contributed by atoms with Gasteiger partial charge in [-0.15, -0.1) is 0 Å². The van der Waals surface area contributed by atoms with Crippen molar-refractivity contribution in [1.82, 2.24) is 19.5 Å². The van der Waals surface area contributed by atoms with Gasteiger partial charge in [-0.1, -0.05) is 23.2 Å². The molecule has 1 atom stereocenters. The lowest BCUT2D eigenvalue weighted by Crippen LogP contribution is -2.29. The van der Waals surface area contributed by atoms with Gasteiger partial charge in [-0.05, 0) is 44.2 Å². The number of nitriles is 1. The van der Waals surface area contributed by atoms with E-state index < -0.39 is 0 Å². The fourth-order valence-electron chi connectivity index (χ4n) is 4.71. The molecule has 1 saturated heterocycles. The summed E-state index contributed by atoms with van der Waals surface area (Å²) in [5.74, 6) is 0.614. The average Bonchev–Trinajstić information content (AvgIpc) is 3.48. The second-order valence-electron chi connectivity index (χ2n) is 8.87. The average molecular weight is 515 g/mol. The van der Waals surface area contributed by atoms with Gasteiger partial charge in [0.15, 0.2) is 5.65 Å². The van der Waals surface area contributed by atoms with E-state index in [2.05, 4.69) is 15.6 Å². The molecule has 182 valence electrons. The van der Waals surface area contributed by atoms with Crippen LogP contribution in [0.2, 0.25) is 10.0 Å². The normalized spacial score (nSPS) is 22.1. The SMILES string of the molecule is N#Cc1cc(Cl)c(Nc2nc3cnc(N[C@@H]4CCOC4)nc3n2[C@H]2CC[C@@H](C(N)=O)CC2)c(Cl)c1. The molecule has 3 aromatic rings. The van der Waals surface area contributed by atoms with Crippen molar-refractivity contribution in [3.63, 3.8) is 0 Å². The lowest BCUT2D eigenvalue weighted by molar-refractivity contribution is -0.122. The summed E-state index contributed by atoms with van der Waals surface area (Å²) in [4.78, 5) is 25.7. The number of nitrogens with zero attached hydrogens (tertiary/aromatic N) is 5. The van der Waals surface area contributed by atoms with E-state index in [0.717, 1.165) is 19.3 Å². The number of amides is 1. The molecule has 35 heavy (non-hydrogen) atoms. The van der Waals surface area contributed by atoms with Gasteiger partial charge in [-0.2, -0.15) is 10.2 Å². The van der Waals surface area contributed by atoms with Crippen LogP contribution in [-0.2, 0) is 9.53 Å². The number of carbonyl (C=O) groups is 1. The highest BCUT2D eigenvalue weighted by atomic mass is 35.5. The number of fused-ring (bicyclic) bond motifs is 1. The first-order valence-electron chi connectivity index (χ1n) is 11.5. The molecule has 10 nitrogen and oxygen atoms in total. The van der Waals surface area contributed by atoms with Gasteiger partial charge >= 0.3 is 0 Å². The highest BCUT2D eigenvalue weighted by molar-refractivity contribution is 6.39. The molecule has 1 aliphatic carbocycles. The summed E-state index contributed by atoms with van der Waals surface area (Å²) < 4.78 is 7.47. The predicted molar refractivity (Wildman–Crippen MR) is 133 cm³/mol. The molecular weight excluding hydrogens is 491 g/mol. The summed E-state index contributed by atoms with van der Waals surface area (Å²) in [6, 6.07) is 5.33. The number of aromatic nitrogens is 4. The zero-order valence-corrected chi connectivity index (χ0v) is 20.3. The number of hydrogen-bond donors (Lipinski definition) is 3. The molecule has 0 unspecified atom stereocenters. The van der Waals surface area contributed by atoms with Gasteiger partial charge in [0.05, 0.1) is 46.2 Å². The van der Waals surface area contributed by atoms with Crippen molar-refractivity contribution in [3.8, 4) is 6.07 Å². The molecule has 1 aliphatic heterocycles. The Kier molecular flexibility index (Phi) is 6.65. The number of imidazole rings is 1. The molecule has 3 heterocycles. The van der Waals surface area contributed by atoms with Crippen molar-refractivity contribution in [2.45, 2.75) is 44.2 Å². The minimum Gasteiger partial charge on any atom is -0.379 e. The van der Waals surface area contributed by atoms with E-state index in [-0.39, 0.29) is 23.9 Å². The van der Waals surface area contributed by atoms with Gasteiger partial charge in [0, 0.05) is 18.6 Å². The van der Waals surface area contributed by atoms with Gasteiger partial charge in [0.25, 0.3) is 0 Å². The number of anilines is 3. The van der Waals surface area contributed by atoms with Crippen molar-refractivity contribution >= 4 is 57.9 Å². The standard InChI is InChI=1S/C23H24Cl2N8O2/c24-16-7-12(9-26)8-17(25)19(16)31-23-30-18-10-28-22(29-14-5-6-35-11-14)32-21(18)33(23)15-3-1-13(2-4-15)20(27)34/h7-8,10,13-15H,1-6,11H2,(H2,27,34)(H,30,31)(H,28,29,32)/t13-,14-,15+/m1/s1. The van der Waals surface area contributed by atoms with Crippen LogP contribution in [0.25, 0.3) is 11.2 Å². The third-order valence-corrected chi connectivity index (χ3v) is 7.16. The lowest BCUT2D eigenvalue weighted by atomic mass is 9.85. The molecule has 4 N–H and O–H groups in total. The third-order valence-electron chi connectivity index (χ3n) is 6.57. The molecule has 5 rings (SSSR count). The molecule has 0 bridgehead atoms. The maximum absolute atomic E-state index is 11.7. The van der Waals surface area contributed by atoms with Gasteiger partial charge < -0.3 is 21.1 Å². The number of nitrogens with one attached hydrogen (secondary N) is 2. The topological polar surface area (TPSA) is 144 Å². The van der Waals surface area contributed by atoms with E-state index in [1.807, 2.05) is 10.6 Å². The largest absolute Gasteiger partial charge is 0.379 e. The number of hydrogen-bond acceptors (Lipinski definition) is 8. The maximum Gasteiger partial charge on any atom is 0.225 e. The predicted octanol–water partition coefficient (Wildman–Crippen LogP) is 4.17. The van der Waals surface area contributed by atoms with Crippen LogP contribution < -0.4 is 16.4 Å². The van der Waals surface area contributed by atoms with Crippen LogP contribution in [0.5, 0.6) is 0 Å². The first kappa shape index (κ1) is 23.6. The van der Waals surface area contributed by atoms with Crippen molar-refractivity contribution < 1.29 is 9.53 Å². The van der Waals surface area contributed by atoms with E-state index in [1.54, 1.807) is 18.3 Å². The van der Waals surface area contributed by atoms with E-state index in [0.29, 0.717) is 70.4 Å². The second-order valence-corrected chi connectivity index (χ2v) is 9.69. The quantitative estimate of drug-likeness (QED) is 0.444.